The summed E-state index contributed by atoms with van der Waals surface area (Å²) in [6, 6.07) is 9.04. The van der Waals surface area contributed by atoms with E-state index in [1.165, 1.54) is 0 Å². The molecule has 0 amide bonds. The monoisotopic (exact) mass is 267 g/mol. The highest BCUT2D eigenvalue weighted by molar-refractivity contribution is 5.79. The van der Waals surface area contributed by atoms with Crippen LogP contribution in [-0.2, 0) is 0 Å². The van der Waals surface area contributed by atoms with Gasteiger partial charge in [-0.3, -0.25) is 0 Å². The Morgan fingerprint density at radius 1 is 0.895 bits per heavy atom. The van der Waals surface area contributed by atoms with E-state index in [0.29, 0.717) is 11.6 Å². The van der Waals surface area contributed by atoms with Gasteiger partial charge in [-0.1, -0.05) is 30.3 Å². The van der Waals surface area contributed by atoms with E-state index in [2.05, 4.69) is 0 Å². The number of halogens is 4. The lowest BCUT2D eigenvalue weighted by Gasteiger charge is -2.04. The first-order valence-electron chi connectivity index (χ1n) is 5.36. The summed E-state index contributed by atoms with van der Waals surface area (Å²) >= 11 is 0. The molecule has 0 aromatic heterocycles. The van der Waals surface area contributed by atoms with Gasteiger partial charge in [0.05, 0.1) is 0 Å². The van der Waals surface area contributed by atoms with Crippen LogP contribution in [0.2, 0.25) is 0 Å². The molecule has 0 heterocycles. The van der Waals surface area contributed by atoms with Crippen LogP contribution in [0.3, 0.4) is 0 Å². The quantitative estimate of drug-likeness (QED) is 0.382. The largest absolute Gasteiger partial charge is 0.398 e. The SMILES string of the molecule is N/C(=C/c1cc(F)c(F)c(F)c1F)c1ccccc1. The van der Waals surface area contributed by atoms with E-state index in [1.807, 2.05) is 0 Å². The van der Waals surface area contributed by atoms with Crippen LogP contribution >= 0.6 is 0 Å². The number of hydrogen-bond donors (Lipinski definition) is 1. The van der Waals surface area contributed by atoms with E-state index in [9.17, 15) is 17.6 Å². The normalized spacial score (nSPS) is 11.7. The summed E-state index contributed by atoms with van der Waals surface area (Å²) in [5.74, 6) is -6.64. The molecule has 0 saturated heterocycles. The molecule has 2 rings (SSSR count). The van der Waals surface area contributed by atoms with Crippen LogP contribution in [0.4, 0.5) is 17.6 Å². The van der Waals surface area contributed by atoms with Gasteiger partial charge in [0.25, 0.3) is 0 Å². The van der Waals surface area contributed by atoms with Gasteiger partial charge in [0.15, 0.2) is 23.3 Å². The van der Waals surface area contributed by atoms with Crippen molar-refractivity contribution in [2.45, 2.75) is 0 Å². The van der Waals surface area contributed by atoms with Crippen molar-refractivity contribution in [2.24, 2.45) is 5.73 Å². The number of benzene rings is 2. The summed E-state index contributed by atoms with van der Waals surface area (Å²) in [6.07, 6.45) is 1.05. The van der Waals surface area contributed by atoms with Crippen molar-refractivity contribution in [2.75, 3.05) is 0 Å². The minimum absolute atomic E-state index is 0.116. The number of nitrogens with two attached hydrogens (primary N) is 1. The highest BCUT2D eigenvalue weighted by Gasteiger charge is 2.17. The first kappa shape index (κ1) is 13.1. The Morgan fingerprint density at radius 2 is 1.53 bits per heavy atom. The molecule has 2 aromatic rings. The Labute approximate surface area is 107 Å². The molecule has 19 heavy (non-hydrogen) atoms. The van der Waals surface area contributed by atoms with Crippen molar-refractivity contribution in [3.05, 3.63) is 70.8 Å². The molecular formula is C14H9F4N. The lowest BCUT2D eigenvalue weighted by Crippen LogP contribution is -2.01. The van der Waals surface area contributed by atoms with Crippen molar-refractivity contribution in [3.8, 4) is 0 Å². The van der Waals surface area contributed by atoms with Gasteiger partial charge in [0, 0.05) is 11.3 Å². The molecule has 0 unspecified atom stereocenters. The molecule has 0 saturated carbocycles. The average Bonchev–Trinajstić information content (AvgIpc) is 2.43. The zero-order valence-electron chi connectivity index (χ0n) is 9.63. The molecule has 0 bridgehead atoms. The van der Waals surface area contributed by atoms with E-state index in [0.717, 1.165) is 6.08 Å². The summed E-state index contributed by atoms with van der Waals surface area (Å²) in [5, 5.41) is 0. The van der Waals surface area contributed by atoms with Crippen molar-refractivity contribution in [1.29, 1.82) is 0 Å². The molecule has 2 aromatic carbocycles. The zero-order chi connectivity index (χ0) is 14.0. The number of hydrogen-bond acceptors (Lipinski definition) is 1. The predicted molar refractivity (Wildman–Crippen MR) is 64.8 cm³/mol. The molecular weight excluding hydrogens is 258 g/mol. The zero-order valence-corrected chi connectivity index (χ0v) is 9.63. The van der Waals surface area contributed by atoms with Gasteiger partial charge in [0.1, 0.15) is 0 Å². The van der Waals surface area contributed by atoms with Gasteiger partial charge >= 0.3 is 0 Å². The summed E-state index contributed by atoms with van der Waals surface area (Å²) < 4.78 is 52.3. The van der Waals surface area contributed by atoms with Gasteiger partial charge in [-0.15, -0.1) is 0 Å². The van der Waals surface area contributed by atoms with E-state index >= 15 is 0 Å². The molecule has 98 valence electrons. The Hall–Kier alpha value is -2.30. The van der Waals surface area contributed by atoms with E-state index in [4.69, 9.17) is 5.73 Å². The summed E-state index contributed by atoms with van der Waals surface area (Å²) in [6.45, 7) is 0. The maximum Gasteiger partial charge on any atom is 0.198 e. The Balaban J connectivity index is 2.50. The first-order chi connectivity index (χ1) is 9.00. The van der Waals surface area contributed by atoms with Crippen LogP contribution < -0.4 is 5.73 Å². The lowest BCUT2D eigenvalue weighted by atomic mass is 10.1. The minimum atomic E-state index is -1.85. The molecule has 1 nitrogen and oxygen atoms in total. The lowest BCUT2D eigenvalue weighted by molar-refractivity contribution is 0.408. The van der Waals surface area contributed by atoms with Gasteiger partial charge in [0.2, 0.25) is 0 Å². The van der Waals surface area contributed by atoms with Crippen molar-refractivity contribution in [1.82, 2.24) is 0 Å². The van der Waals surface area contributed by atoms with Gasteiger partial charge in [-0.2, -0.15) is 0 Å². The van der Waals surface area contributed by atoms with Crippen LogP contribution in [0.5, 0.6) is 0 Å². The van der Waals surface area contributed by atoms with Crippen molar-refractivity contribution >= 4 is 11.8 Å². The highest BCUT2D eigenvalue weighted by atomic mass is 19.2. The summed E-state index contributed by atoms with van der Waals surface area (Å²) in [4.78, 5) is 0. The Kier molecular flexibility index (Phi) is 3.55. The molecule has 0 aliphatic carbocycles. The molecule has 0 spiro atoms. The van der Waals surface area contributed by atoms with Gasteiger partial charge < -0.3 is 5.73 Å². The van der Waals surface area contributed by atoms with Crippen LogP contribution in [0.25, 0.3) is 11.8 Å². The fourth-order valence-electron chi connectivity index (χ4n) is 1.58. The van der Waals surface area contributed by atoms with Gasteiger partial charge in [-0.25, -0.2) is 17.6 Å². The molecule has 0 atom stereocenters. The highest BCUT2D eigenvalue weighted by Crippen LogP contribution is 2.22. The second-order valence-electron chi connectivity index (χ2n) is 3.86. The van der Waals surface area contributed by atoms with Crippen LogP contribution in [-0.4, -0.2) is 0 Å². The van der Waals surface area contributed by atoms with E-state index in [-0.39, 0.29) is 5.70 Å². The number of rotatable bonds is 2. The maximum atomic E-state index is 13.4. The smallest absolute Gasteiger partial charge is 0.198 e. The van der Waals surface area contributed by atoms with E-state index in [1.54, 1.807) is 30.3 Å². The van der Waals surface area contributed by atoms with Crippen molar-refractivity contribution in [3.63, 3.8) is 0 Å². The molecule has 0 fully saturated rings. The van der Waals surface area contributed by atoms with Gasteiger partial charge in [-0.05, 0) is 17.7 Å². The second kappa shape index (κ2) is 5.14. The molecule has 0 aliphatic rings. The van der Waals surface area contributed by atoms with Crippen molar-refractivity contribution < 1.29 is 17.6 Å². The molecule has 0 aliphatic heterocycles. The summed E-state index contributed by atoms with van der Waals surface area (Å²) in [5.41, 5.74) is 5.92. The van der Waals surface area contributed by atoms with Crippen LogP contribution in [0, 0.1) is 23.3 Å². The van der Waals surface area contributed by atoms with E-state index < -0.39 is 28.8 Å². The maximum absolute atomic E-state index is 13.4. The fraction of sp³-hybridized carbons (Fsp3) is 0. The second-order valence-corrected chi connectivity index (χ2v) is 3.86. The predicted octanol–water partition coefficient (Wildman–Crippen LogP) is 3.70. The standard InChI is InChI=1S/C14H9F4N/c15-10-6-9(12(16)14(18)13(10)17)7-11(19)8-4-2-1-3-5-8/h1-7H,19H2/b11-7+. The third-order valence-electron chi connectivity index (χ3n) is 2.55. The third kappa shape index (κ3) is 2.59. The van der Waals surface area contributed by atoms with Crippen LogP contribution in [0.1, 0.15) is 11.1 Å². The minimum Gasteiger partial charge on any atom is -0.398 e. The Bertz CT molecular complexity index is 636. The molecule has 5 heteroatoms. The third-order valence-corrected chi connectivity index (χ3v) is 2.55. The topological polar surface area (TPSA) is 26.0 Å². The average molecular weight is 267 g/mol. The fourth-order valence-corrected chi connectivity index (χ4v) is 1.58. The first-order valence-corrected chi connectivity index (χ1v) is 5.36. The summed E-state index contributed by atoms with van der Waals surface area (Å²) in [7, 11) is 0. The van der Waals surface area contributed by atoms with Crippen LogP contribution in [0.15, 0.2) is 36.4 Å². The Morgan fingerprint density at radius 3 is 2.16 bits per heavy atom. The molecule has 2 N–H and O–H groups in total. The molecule has 0 radical (unpaired) electrons.